The van der Waals surface area contributed by atoms with Crippen molar-refractivity contribution in [2.24, 2.45) is 0 Å². The summed E-state index contributed by atoms with van der Waals surface area (Å²) in [5.41, 5.74) is 0. The van der Waals surface area contributed by atoms with Crippen LogP contribution in [0.15, 0.2) is 12.7 Å². The lowest BCUT2D eigenvalue weighted by Crippen LogP contribution is -2.27. The van der Waals surface area contributed by atoms with E-state index in [1.165, 1.54) is 116 Å². The van der Waals surface area contributed by atoms with Crippen molar-refractivity contribution in [1.29, 1.82) is 0 Å². The van der Waals surface area contributed by atoms with Crippen LogP contribution in [0, 0.1) is 0 Å². The van der Waals surface area contributed by atoms with Gasteiger partial charge in [0.15, 0.2) is 6.10 Å². The van der Waals surface area contributed by atoms with Crippen molar-refractivity contribution in [1.82, 2.24) is 0 Å². The second kappa shape index (κ2) is 29.2. The Kier molecular flexibility index (Phi) is 28.2. The Labute approximate surface area is 230 Å². The fraction of sp³-hybridized carbons (Fsp3) is 0.879. The number of esters is 1. The summed E-state index contributed by atoms with van der Waals surface area (Å²) in [5.74, 6) is -1.37. The molecule has 0 saturated carbocycles. The highest BCUT2D eigenvalue weighted by Gasteiger charge is 2.21. The molecule has 0 aliphatic carbocycles. The fourth-order valence-corrected chi connectivity index (χ4v) is 4.95. The molecule has 37 heavy (non-hydrogen) atoms. The van der Waals surface area contributed by atoms with Crippen LogP contribution in [0.25, 0.3) is 0 Å². The summed E-state index contributed by atoms with van der Waals surface area (Å²) < 4.78 is 5.26. The highest BCUT2D eigenvalue weighted by Crippen LogP contribution is 2.16. The van der Waals surface area contributed by atoms with Crippen molar-refractivity contribution in [3.63, 3.8) is 0 Å². The van der Waals surface area contributed by atoms with E-state index >= 15 is 0 Å². The fourth-order valence-electron chi connectivity index (χ4n) is 4.95. The molecule has 0 heterocycles. The van der Waals surface area contributed by atoms with Crippen molar-refractivity contribution >= 4 is 11.9 Å². The van der Waals surface area contributed by atoms with E-state index in [1.807, 2.05) is 6.08 Å². The predicted molar refractivity (Wildman–Crippen MR) is 158 cm³/mol. The number of allylic oxidation sites excluding steroid dienone is 1. The zero-order valence-corrected chi connectivity index (χ0v) is 24.6. The standard InChI is InChI=1S/C33H62O4/c1-3-5-7-9-11-13-14-15-16-17-18-19-20-21-22-23-25-27-29-31(33(35)36)37-32(34)30-28-26-24-12-10-8-6-4-2/h4,31H,2-3,5-30H2,1H3,(H,35,36). The maximum Gasteiger partial charge on any atom is 0.345 e. The maximum atomic E-state index is 12.0. The molecule has 0 radical (unpaired) electrons. The van der Waals surface area contributed by atoms with Gasteiger partial charge in [-0.05, 0) is 32.1 Å². The van der Waals surface area contributed by atoms with E-state index in [4.69, 9.17) is 4.74 Å². The van der Waals surface area contributed by atoms with E-state index in [-0.39, 0.29) is 5.97 Å². The average Bonchev–Trinajstić information content (AvgIpc) is 2.88. The first-order chi connectivity index (χ1) is 18.1. The van der Waals surface area contributed by atoms with Gasteiger partial charge in [-0.1, -0.05) is 148 Å². The number of aliphatic carboxylic acids is 1. The van der Waals surface area contributed by atoms with Crippen molar-refractivity contribution in [2.75, 3.05) is 0 Å². The minimum Gasteiger partial charge on any atom is -0.479 e. The Morgan fingerprint density at radius 3 is 1.41 bits per heavy atom. The molecule has 0 aromatic rings. The molecular weight excluding hydrogens is 460 g/mol. The molecule has 0 amide bonds. The predicted octanol–water partition coefficient (Wildman–Crippen LogP) is 10.7. The monoisotopic (exact) mass is 522 g/mol. The average molecular weight is 523 g/mol. The molecule has 0 saturated heterocycles. The van der Waals surface area contributed by atoms with Gasteiger partial charge in [0.05, 0.1) is 0 Å². The van der Waals surface area contributed by atoms with Gasteiger partial charge < -0.3 is 9.84 Å². The third kappa shape index (κ3) is 27.5. The minimum atomic E-state index is -1.01. The van der Waals surface area contributed by atoms with Crippen LogP contribution in [0.5, 0.6) is 0 Å². The molecule has 0 fully saturated rings. The van der Waals surface area contributed by atoms with Gasteiger partial charge in [-0.3, -0.25) is 4.79 Å². The number of rotatable bonds is 30. The summed E-state index contributed by atoms with van der Waals surface area (Å²) in [7, 11) is 0. The van der Waals surface area contributed by atoms with Crippen molar-refractivity contribution in [2.45, 2.75) is 186 Å². The molecule has 1 N–H and O–H groups in total. The van der Waals surface area contributed by atoms with Gasteiger partial charge in [0.25, 0.3) is 0 Å². The van der Waals surface area contributed by atoms with Crippen LogP contribution in [0.1, 0.15) is 180 Å². The van der Waals surface area contributed by atoms with Crippen LogP contribution >= 0.6 is 0 Å². The molecule has 4 heteroatoms. The van der Waals surface area contributed by atoms with Gasteiger partial charge in [-0.25, -0.2) is 4.79 Å². The number of hydrogen-bond donors (Lipinski definition) is 1. The van der Waals surface area contributed by atoms with Crippen molar-refractivity contribution in [3.8, 4) is 0 Å². The van der Waals surface area contributed by atoms with Crippen LogP contribution in [-0.4, -0.2) is 23.1 Å². The minimum absolute atomic E-state index is 0.329. The van der Waals surface area contributed by atoms with Gasteiger partial charge in [-0.15, -0.1) is 6.58 Å². The number of ether oxygens (including phenoxy) is 1. The van der Waals surface area contributed by atoms with Gasteiger partial charge in [-0.2, -0.15) is 0 Å². The molecule has 0 aliphatic heterocycles. The lowest BCUT2D eigenvalue weighted by Gasteiger charge is -2.13. The molecule has 0 aromatic heterocycles. The number of unbranched alkanes of at least 4 members (excludes halogenated alkanes) is 23. The summed E-state index contributed by atoms with van der Waals surface area (Å²) in [6.45, 7) is 6.01. The van der Waals surface area contributed by atoms with E-state index in [2.05, 4.69) is 13.5 Å². The van der Waals surface area contributed by atoms with Crippen LogP contribution in [0.3, 0.4) is 0 Å². The smallest absolute Gasteiger partial charge is 0.345 e. The Morgan fingerprint density at radius 1 is 0.622 bits per heavy atom. The van der Waals surface area contributed by atoms with Gasteiger partial charge >= 0.3 is 11.9 Å². The Bertz CT molecular complexity index is 516. The Balaban J connectivity index is 3.50. The number of carboxylic acid groups (broad SMARTS) is 1. The molecule has 4 nitrogen and oxygen atoms in total. The third-order valence-electron chi connectivity index (χ3n) is 7.41. The first-order valence-electron chi connectivity index (χ1n) is 16.1. The van der Waals surface area contributed by atoms with Gasteiger partial charge in [0.1, 0.15) is 0 Å². The van der Waals surface area contributed by atoms with E-state index in [1.54, 1.807) is 0 Å². The van der Waals surface area contributed by atoms with E-state index in [0.717, 1.165) is 44.9 Å². The van der Waals surface area contributed by atoms with Crippen molar-refractivity contribution < 1.29 is 19.4 Å². The molecule has 0 aromatic carbocycles. The SMILES string of the molecule is C=CCCCCCCCCC(=O)OC(CCCCCCCCCCCCCCCCCCCC)C(=O)O. The highest BCUT2D eigenvalue weighted by atomic mass is 16.6. The lowest BCUT2D eigenvalue weighted by molar-refractivity contribution is -0.164. The molecule has 0 aliphatic rings. The number of carbonyl (C=O) groups is 2. The van der Waals surface area contributed by atoms with Crippen LogP contribution in [0.2, 0.25) is 0 Å². The quantitative estimate of drug-likeness (QED) is 0.0578. The summed E-state index contributed by atoms with van der Waals surface area (Å²) >= 11 is 0. The summed E-state index contributed by atoms with van der Waals surface area (Å²) in [4.78, 5) is 23.5. The number of carboxylic acids is 1. The molecule has 0 bridgehead atoms. The summed E-state index contributed by atoms with van der Waals surface area (Å²) in [6.07, 6.45) is 32.9. The summed E-state index contributed by atoms with van der Waals surface area (Å²) in [5, 5.41) is 9.39. The van der Waals surface area contributed by atoms with E-state index < -0.39 is 12.1 Å². The number of hydrogen-bond acceptors (Lipinski definition) is 3. The summed E-state index contributed by atoms with van der Waals surface area (Å²) in [6, 6.07) is 0. The molecule has 0 rings (SSSR count). The van der Waals surface area contributed by atoms with Gasteiger partial charge in [0.2, 0.25) is 0 Å². The second-order valence-corrected chi connectivity index (χ2v) is 11.1. The van der Waals surface area contributed by atoms with Crippen molar-refractivity contribution in [3.05, 3.63) is 12.7 Å². The largest absolute Gasteiger partial charge is 0.479 e. The third-order valence-corrected chi connectivity index (χ3v) is 7.41. The zero-order valence-electron chi connectivity index (χ0n) is 24.6. The highest BCUT2D eigenvalue weighted by molar-refractivity contribution is 5.77. The first kappa shape index (κ1) is 35.7. The lowest BCUT2D eigenvalue weighted by atomic mass is 10.0. The molecule has 1 unspecified atom stereocenters. The van der Waals surface area contributed by atoms with Crippen LogP contribution in [-0.2, 0) is 14.3 Å². The molecule has 0 spiro atoms. The van der Waals surface area contributed by atoms with E-state index in [0.29, 0.717) is 12.8 Å². The second-order valence-electron chi connectivity index (χ2n) is 11.1. The molecule has 218 valence electrons. The Hall–Kier alpha value is -1.32. The number of carbonyl (C=O) groups excluding carboxylic acids is 1. The zero-order chi connectivity index (χ0) is 27.2. The Morgan fingerprint density at radius 2 is 1.00 bits per heavy atom. The van der Waals surface area contributed by atoms with E-state index in [9.17, 15) is 14.7 Å². The van der Waals surface area contributed by atoms with Crippen LogP contribution < -0.4 is 0 Å². The molecular formula is C33H62O4. The first-order valence-corrected chi connectivity index (χ1v) is 16.1. The molecule has 1 atom stereocenters. The topological polar surface area (TPSA) is 63.6 Å². The van der Waals surface area contributed by atoms with Crippen LogP contribution in [0.4, 0.5) is 0 Å². The normalized spacial score (nSPS) is 11.9. The maximum absolute atomic E-state index is 12.0. The van der Waals surface area contributed by atoms with Gasteiger partial charge in [0, 0.05) is 6.42 Å².